The second-order valence-corrected chi connectivity index (χ2v) is 5.16. The smallest absolute Gasteiger partial charge is 0.326 e. The van der Waals surface area contributed by atoms with Crippen LogP contribution >= 0.6 is 0 Å². The van der Waals surface area contributed by atoms with Gasteiger partial charge >= 0.3 is 5.97 Å². The Morgan fingerprint density at radius 1 is 1.40 bits per heavy atom. The molecule has 0 aliphatic rings. The minimum atomic E-state index is -0.302. The standard InChI is InChI=1S/C15H20N2O3/c1-11(2)7-8-20-15(19)9-17-13-6-4-3-5-12(13)16-14(17)10-18/h3-6,11,18H,7-10H2,1-2H3. The lowest BCUT2D eigenvalue weighted by Crippen LogP contribution is -2.16. The van der Waals surface area contributed by atoms with Crippen LogP contribution in [-0.4, -0.2) is 27.2 Å². The van der Waals surface area contributed by atoms with Crippen LogP contribution in [0, 0.1) is 5.92 Å². The van der Waals surface area contributed by atoms with Crippen molar-refractivity contribution in [2.24, 2.45) is 5.92 Å². The summed E-state index contributed by atoms with van der Waals surface area (Å²) in [6, 6.07) is 7.49. The number of nitrogens with zero attached hydrogens (tertiary/aromatic N) is 2. The lowest BCUT2D eigenvalue weighted by Gasteiger charge is -2.09. The van der Waals surface area contributed by atoms with Crippen LogP contribution in [0.3, 0.4) is 0 Å². The molecular formula is C15H20N2O3. The van der Waals surface area contributed by atoms with Crippen molar-refractivity contribution < 1.29 is 14.6 Å². The fourth-order valence-electron chi connectivity index (χ4n) is 2.01. The zero-order chi connectivity index (χ0) is 14.5. The van der Waals surface area contributed by atoms with Gasteiger partial charge in [-0.05, 0) is 24.5 Å². The van der Waals surface area contributed by atoms with Crippen LogP contribution in [0.1, 0.15) is 26.1 Å². The van der Waals surface area contributed by atoms with E-state index in [0.717, 1.165) is 17.5 Å². The number of ether oxygens (including phenoxy) is 1. The summed E-state index contributed by atoms with van der Waals surface area (Å²) >= 11 is 0. The predicted molar refractivity (Wildman–Crippen MR) is 76.1 cm³/mol. The van der Waals surface area contributed by atoms with Crippen molar-refractivity contribution in [2.45, 2.75) is 33.4 Å². The molecular weight excluding hydrogens is 256 g/mol. The first-order chi connectivity index (χ1) is 9.61. The second kappa shape index (κ2) is 6.52. The van der Waals surface area contributed by atoms with Crippen LogP contribution in [-0.2, 0) is 22.7 Å². The number of imidazole rings is 1. The van der Waals surface area contributed by atoms with E-state index >= 15 is 0 Å². The highest BCUT2D eigenvalue weighted by atomic mass is 16.5. The summed E-state index contributed by atoms with van der Waals surface area (Å²) in [5.74, 6) is 0.681. The van der Waals surface area contributed by atoms with Crippen molar-refractivity contribution >= 4 is 17.0 Å². The van der Waals surface area contributed by atoms with E-state index < -0.39 is 0 Å². The Balaban J connectivity index is 2.10. The third-order valence-electron chi connectivity index (χ3n) is 3.12. The van der Waals surface area contributed by atoms with Gasteiger partial charge in [-0.3, -0.25) is 4.79 Å². The van der Waals surface area contributed by atoms with E-state index in [-0.39, 0.29) is 19.1 Å². The molecule has 1 heterocycles. The monoisotopic (exact) mass is 276 g/mol. The Labute approximate surface area is 118 Å². The summed E-state index contributed by atoms with van der Waals surface area (Å²) in [7, 11) is 0. The van der Waals surface area contributed by atoms with E-state index in [9.17, 15) is 9.90 Å². The summed E-state index contributed by atoms with van der Waals surface area (Å²) < 4.78 is 6.91. The summed E-state index contributed by atoms with van der Waals surface area (Å²) in [6.07, 6.45) is 0.850. The number of aromatic nitrogens is 2. The van der Waals surface area contributed by atoms with Crippen molar-refractivity contribution in [3.8, 4) is 0 Å². The zero-order valence-corrected chi connectivity index (χ0v) is 11.9. The van der Waals surface area contributed by atoms with Gasteiger partial charge in [0.15, 0.2) is 0 Å². The van der Waals surface area contributed by atoms with Crippen molar-refractivity contribution in [2.75, 3.05) is 6.61 Å². The molecule has 0 spiro atoms. The normalized spacial score (nSPS) is 11.2. The fourth-order valence-corrected chi connectivity index (χ4v) is 2.01. The number of rotatable bonds is 6. The van der Waals surface area contributed by atoms with Crippen molar-refractivity contribution in [1.82, 2.24) is 9.55 Å². The molecule has 20 heavy (non-hydrogen) atoms. The topological polar surface area (TPSA) is 64.3 Å². The van der Waals surface area contributed by atoms with Gasteiger partial charge in [0, 0.05) is 0 Å². The molecule has 0 saturated heterocycles. The highest BCUT2D eigenvalue weighted by molar-refractivity contribution is 5.78. The molecule has 0 radical (unpaired) electrons. The third-order valence-corrected chi connectivity index (χ3v) is 3.12. The Morgan fingerprint density at radius 2 is 2.15 bits per heavy atom. The van der Waals surface area contributed by atoms with Gasteiger partial charge in [0.1, 0.15) is 19.0 Å². The summed E-state index contributed by atoms with van der Waals surface area (Å²) in [6.45, 7) is 4.47. The minimum absolute atomic E-state index is 0.0779. The number of hydrogen-bond acceptors (Lipinski definition) is 4. The first kappa shape index (κ1) is 14.5. The van der Waals surface area contributed by atoms with E-state index in [1.807, 2.05) is 24.3 Å². The van der Waals surface area contributed by atoms with Crippen LogP contribution in [0.15, 0.2) is 24.3 Å². The van der Waals surface area contributed by atoms with E-state index in [1.54, 1.807) is 4.57 Å². The molecule has 2 rings (SSSR count). The second-order valence-electron chi connectivity index (χ2n) is 5.16. The molecule has 0 aliphatic heterocycles. The minimum Gasteiger partial charge on any atom is -0.464 e. The maximum Gasteiger partial charge on any atom is 0.326 e. The largest absolute Gasteiger partial charge is 0.464 e. The van der Waals surface area contributed by atoms with E-state index in [0.29, 0.717) is 18.3 Å². The van der Waals surface area contributed by atoms with Crippen molar-refractivity contribution in [3.63, 3.8) is 0 Å². The molecule has 0 amide bonds. The lowest BCUT2D eigenvalue weighted by atomic mass is 10.1. The number of para-hydroxylation sites is 2. The number of carbonyl (C=O) groups is 1. The number of aliphatic hydroxyl groups excluding tert-OH is 1. The maximum absolute atomic E-state index is 11.9. The molecule has 0 saturated carbocycles. The Hall–Kier alpha value is -1.88. The van der Waals surface area contributed by atoms with E-state index in [2.05, 4.69) is 18.8 Å². The van der Waals surface area contributed by atoms with Gasteiger partial charge in [-0.15, -0.1) is 0 Å². The molecule has 0 bridgehead atoms. The summed E-state index contributed by atoms with van der Waals surface area (Å²) in [5.41, 5.74) is 1.60. The molecule has 108 valence electrons. The number of fused-ring (bicyclic) bond motifs is 1. The molecule has 5 heteroatoms. The van der Waals surface area contributed by atoms with Gasteiger partial charge in [-0.1, -0.05) is 26.0 Å². The van der Waals surface area contributed by atoms with Gasteiger partial charge < -0.3 is 14.4 Å². The number of carbonyl (C=O) groups excluding carboxylic acids is 1. The number of esters is 1. The van der Waals surface area contributed by atoms with Gasteiger partial charge in [0.25, 0.3) is 0 Å². The first-order valence-corrected chi connectivity index (χ1v) is 6.82. The molecule has 0 unspecified atom stereocenters. The predicted octanol–water partition coefficient (Wildman–Crippen LogP) is 2.12. The maximum atomic E-state index is 11.9. The van der Waals surface area contributed by atoms with Crippen LogP contribution < -0.4 is 0 Å². The average Bonchev–Trinajstić information content (AvgIpc) is 2.76. The Morgan fingerprint density at radius 3 is 2.85 bits per heavy atom. The lowest BCUT2D eigenvalue weighted by molar-refractivity contribution is -0.144. The molecule has 1 aromatic heterocycles. The number of aliphatic hydroxyl groups is 1. The Bertz CT molecular complexity index is 590. The van der Waals surface area contributed by atoms with E-state index in [1.165, 1.54) is 0 Å². The first-order valence-electron chi connectivity index (χ1n) is 6.82. The molecule has 0 atom stereocenters. The SMILES string of the molecule is CC(C)CCOC(=O)Cn1c(CO)nc2ccccc21. The van der Waals surface area contributed by atoms with Gasteiger partial charge in [-0.2, -0.15) is 0 Å². The van der Waals surface area contributed by atoms with Crippen LogP contribution in [0.2, 0.25) is 0 Å². The molecule has 0 aliphatic carbocycles. The highest BCUT2D eigenvalue weighted by Crippen LogP contribution is 2.16. The van der Waals surface area contributed by atoms with Crippen LogP contribution in [0.4, 0.5) is 0 Å². The summed E-state index contributed by atoms with van der Waals surface area (Å²) in [5, 5.41) is 9.35. The molecule has 1 N–H and O–H groups in total. The third kappa shape index (κ3) is 3.36. The fraction of sp³-hybridized carbons (Fsp3) is 0.467. The highest BCUT2D eigenvalue weighted by Gasteiger charge is 2.13. The summed E-state index contributed by atoms with van der Waals surface area (Å²) in [4.78, 5) is 16.1. The molecule has 2 aromatic rings. The molecule has 1 aromatic carbocycles. The van der Waals surface area contributed by atoms with Crippen LogP contribution in [0.25, 0.3) is 11.0 Å². The van der Waals surface area contributed by atoms with Crippen molar-refractivity contribution in [1.29, 1.82) is 0 Å². The molecule has 5 nitrogen and oxygen atoms in total. The van der Waals surface area contributed by atoms with Crippen molar-refractivity contribution in [3.05, 3.63) is 30.1 Å². The average molecular weight is 276 g/mol. The quantitative estimate of drug-likeness (QED) is 0.821. The molecule has 0 fully saturated rings. The zero-order valence-electron chi connectivity index (χ0n) is 11.9. The van der Waals surface area contributed by atoms with Gasteiger partial charge in [0.05, 0.1) is 17.6 Å². The number of benzene rings is 1. The van der Waals surface area contributed by atoms with E-state index in [4.69, 9.17) is 4.74 Å². The van der Waals surface area contributed by atoms with Gasteiger partial charge in [-0.25, -0.2) is 4.98 Å². The Kier molecular flexibility index (Phi) is 4.74. The number of hydrogen-bond donors (Lipinski definition) is 1. The van der Waals surface area contributed by atoms with Crippen LogP contribution in [0.5, 0.6) is 0 Å². The van der Waals surface area contributed by atoms with Gasteiger partial charge in [0.2, 0.25) is 0 Å².